The lowest BCUT2D eigenvalue weighted by molar-refractivity contribution is -0.122. The minimum absolute atomic E-state index is 0.294. The Kier molecular flexibility index (Phi) is 2.89. The summed E-state index contributed by atoms with van der Waals surface area (Å²) in [7, 11) is 1.88. The van der Waals surface area contributed by atoms with Gasteiger partial charge in [-0.25, -0.2) is 0 Å². The van der Waals surface area contributed by atoms with E-state index in [0.29, 0.717) is 18.1 Å². The van der Waals surface area contributed by atoms with Crippen LogP contribution in [0.3, 0.4) is 0 Å². The molecule has 15 heavy (non-hydrogen) atoms. The quantitative estimate of drug-likeness (QED) is 0.757. The average molecular weight is 206 g/mol. The molecule has 1 fully saturated rings. The maximum Gasteiger partial charge on any atom is 0.141 e. The van der Waals surface area contributed by atoms with Crippen molar-refractivity contribution < 1.29 is 4.79 Å². The van der Waals surface area contributed by atoms with Gasteiger partial charge in [-0.1, -0.05) is 6.92 Å². The lowest BCUT2D eigenvalue weighted by atomic mass is 9.98. The molecule has 0 saturated heterocycles. The summed E-state index contributed by atoms with van der Waals surface area (Å²) in [4.78, 5) is 11.9. The zero-order valence-electron chi connectivity index (χ0n) is 9.44. The van der Waals surface area contributed by atoms with E-state index in [1.54, 1.807) is 4.68 Å². The van der Waals surface area contributed by atoms with E-state index in [1.165, 1.54) is 6.42 Å². The van der Waals surface area contributed by atoms with Crippen LogP contribution >= 0.6 is 0 Å². The maximum atomic E-state index is 11.9. The molecule has 0 amide bonds. The molecule has 1 aliphatic rings. The molecule has 0 aromatic carbocycles. The van der Waals surface area contributed by atoms with Crippen molar-refractivity contribution in [1.29, 1.82) is 0 Å². The SMILES string of the molecule is CC1CCC(C(=O)Cc2ccn(C)n2)C1. The van der Waals surface area contributed by atoms with E-state index in [4.69, 9.17) is 0 Å². The van der Waals surface area contributed by atoms with E-state index in [2.05, 4.69) is 12.0 Å². The van der Waals surface area contributed by atoms with Crippen molar-refractivity contribution in [2.75, 3.05) is 0 Å². The number of aryl methyl sites for hydroxylation is 1. The average Bonchev–Trinajstić information content (AvgIpc) is 2.75. The molecule has 0 spiro atoms. The third kappa shape index (κ3) is 2.46. The van der Waals surface area contributed by atoms with Crippen molar-refractivity contribution in [3.05, 3.63) is 18.0 Å². The number of Topliss-reactive ketones (excluding diaryl/α,β-unsaturated/α-hetero) is 1. The minimum Gasteiger partial charge on any atom is -0.299 e. The fourth-order valence-corrected chi connectivity index (χ4v) is 2.38. The Hall–Kier alpha value is -1.12. The number of carbonyl (C=O) groups is 1. The second-order valence-corrected chi connectivity index (χ2v) is 4.74. The fourth-order valence-electron chi connectivity index (χ4n) is 2.38. The molecule has 0 N–H and O–H groups in total. The van der Waals surface area contributed by atoms with Crippen molar-refractivity contribution in [1.82, 2.24) is 9.78 Å². The molecular weight excluding hydrogens is 188 g/mol. The fraction of sp³-hybridized carbons (Fsp3) is 0.667. The monoisotopic (exact) mass is 206 g/mol. The van der Waals surface area contributed by atoms with Gasteiger partial charge in [0.2, 0.25) is 0 Å². The standard InChI is InChI=1S/C12H18N2O/c1-9-3-4-10(7-9)12(15)8-11-5-6-14(2)13-11/h5-6,9-10H,3-4,7-8H2,1-2H3. The largest absolute Gasteiger partial charge is 0.299 e. The van der Waals surface area contributed by atoms with Gasteiger partial charge in [-0.15, -0.1) is 0 Å². The molecule has 1 aromatic heterocycles. The second kappa shape index (κ2) is 4.17. The normalized spacial score (nSPS) is 25.7. The van der Waals surface area contributed by atoms with Gasteiger partial charge in [0, 0.05) is 19.2 Å². The topological polar surface area (TPSA) is 34.9 Å². The summed E-state index contributed by atoms with van der Waals surface area (Å²) in [5.41, 5.74) is 0.905. The highest BCUT2D eigenvalue weighted by molar-refractivity contribution is 5.83. The van der Waals surface area contributed by atoms with E-state index in [9.17, 15) is 4.79 Å². The number of hydrogen-bond donors (Lipinski definition) is 0. The molecule has 82 valence electrons. The van der Waals surface area contributed by atoms with Gasteiger partial charge in [0.25, 0.3) is 0 Å². The number of rotatable bonds is 3. The number of nitrogens with zero attached hydrogens (tertiary/aromatic N) is 2. The van der Waals surface area contributed by atoms with Gasteiger partial charge >= 0.3 is 0 Å². The Morgan fingerprint density at radius 3 is 2.93 bits per heavy atom. The Morgan fingerprint density at radius 2 is 2.40 bits per heavy atom. The van der Waals surface area contributed by atoms with Crippen LogP contribution in [0.25, 0.3) is 0 Å². The first-order valence-electron chi connectivity index (χ1n) is 5.66. The molecule has 0 aliphatic heterocycles. The molecular formula is C12H18N2O. The van der Waals surface area contributed by atoms with Gasteiger partial charge < -0.3 is 0 Å². The van der Waals surface area contributed by atoms with Crippen molar-refractivity contribution in [2.45, 2.75) is 32.6 Å². The van der Waals surface area contributed by atoms with Crippen LogP contribution in [0.1, 0.15) is 31.9 Å². The van der Waals surface area contributed by atoms with E-state index in [1.807, 2.05) is 19.3 Å². The highest BCUT2D eigenvalue weighted by Gasteiger charge is 2.27. The number of ketones is 1. The summed E-state index contributed by atoms with van der Waals surface area (Å²) in [6.45, 7) is 2.23. The predicted molar refractivity (Wildman–Crippen MR) is 58.4 cm³/mol. The molecule has 0 bridgehead atoms. The van der Waals surface area contributed by atoms with Crippen molar-refractivity contribution in [2.24, 2.45) is 18.9 Å². The Labute approximate surface area is 90.5 Å². The Morgan fingerprint density at radius 1 is 1.60 bits per heavy atom. The lowest BCUT2D eigenvalue weighted by Crippen LogP contribution is -2.14. The Bertz CT molecular complexity index is 356. The van der Waals surface area contributed by atoms with Crippen LogP contribution < -0.4 is 0 Å². The molecule has 2 rings (SSSR count). The highest BCUT2D eigenvalue weighted by atomic mass is 16.1. The third-order valence-corrected chi connectivity index (χ3v) is 3.27. The molecule has 1 aromatic rings. The van der Waals surface area contributed by atoms with Gasteiger partial charge in [-0.05, 0) is 31.2 Å². The van der Waals surface area contributed by atoms with Crippen LogP contribution in [0.5, 0.6) is 0 Å². The summed E-state index contributed by atoms with van der Waals surface area (Å²) in [6, 6.07) is 1.93. The summed E-state index contributed by atoms with van der Waals surface area (Å²) < 4.78 is 1.75. The molecule has 3 heteroatoms. The molecule has 2 atom stereocenters. The molecule has 1 heterocycles. The van der Waals surface area contributed by atoms with E-state index < -0.39 is 0 Å². The van der Waals surface area contributed by atoms with Crippen molar-refractivity contribution in [3.8, 4) is 0 Å². The van der Waals surface area contributed by atoms with Crippen LogP contribution in [0.4, 0.5) is 0 Å². The molecule has 3 nitrogen and oxygen atoms in total. The summed E-state index contributed by atoms with van der Waals surface area (Å²) >= 11 is 0. The van der Waals surface area contributed by atoms with Gasteiger partial charge in [0.15, 0.2) is 0 Å². The zero-order chi connectivity index (χ0) is 10.8. The van der Waals surface area contributed by atoms with E-state index in [0.717, 1.165) is 24.5 Å². The number of carbonyl (C=O) groups excluding carboxylic acids is 1. The highest BCUT2D eigenvalue weighted by Crippen LogP contribution is 2.31. The summed E-state index contributed by atoms with van der Waals surface area (Å²) in [5.74, 6) is 1.39. The van der Waals surface area contributed by atoms with Crippen LogP contribution in [0, 0.1) is 11.8 Å². The number of aromatic nitrogens is 2. The van der Waals surface area contributed by atoms with E-state index in [-0.39, 0.29) is 0 Å². The van der Waals surface area contributed by atoms with Crippen LogP contribution in [-0.4, -0.2) is 15.6 Å². The van der Waals surface area contributed by atoms with Crippen LogP contribution in [-0.2, 0) is 18.3 Å². The van der Waals surface area contributed by atoms with E-state index >= 15 is 0 Å². The third-order valence-electron chi connectivity index (χ3n) is 3.27. The van der Waals surface area contributed by atoms with Crippen LogP contribution in [0.15, 0.2) is 12.3 Å². The van der Waals surface area contributed by atoms with Crippen molar-refractivity contribution >= 4 is 5.78 Å². The van der Waals surface area contributed by atoms with Crippen molar-refractivity contribution in [3.63, 3.8) is 0 Å². The zero-order valence-corrected chi connectivity index (χ0v) is 9.44. The Balaban J connectivity index is 1.92. The smallest absolute Gasteiger partial charge is 0.141 e. The first-order chi connectivity index (χ1) is 7.15. The van der Waals surface area contributed by atoms with Gasteiger partial charge in [-0.2, -0.15) is 5.10 Å². The summed E-state index contributed by atoms with van der Waals surface area (Å²) in [5, 5.41) is 4.24. The minimum atomic E-state index is 0.294. The number of hydrogen-bond acceptors (Lipinski definition) is 2. The molecule has 1 aliphatic carbocycles. The van der Waals surface area contributed by atoms with Gasteiger partial charge in [-0.3, -0.25) is 9.48 Å². The maximum absolute atomic E-state index is 11.9. The predicted octanol–water partition coefficient (Wildman–Crippen LogP) is 1.97. The lowest BCUT2D eigenvalue weighted by Gasteiger charge is -2.06. The molecule has 2 unspecified atom stereocenters. The summed E-state index contributed by atoms with van der Waals surface area (Å²) in [6.07, 6.45) is 5.76. The van der Waals surface area contributed by atoms with Gasteiger partial charge in [0.05, 0.1) is 12.1 Å². The second-order valence-electron chi connectivity index (χ2n) is 4.74. The van der Waals surface area contributed by atoms with Gasteiger partial charge in [0.1, 0.15) is 5.78 Å². The molecule has 1 saturated carbocycles. The molecule has 0 radical (unpaired) electrons. The van der Waals surface area contributed by atoms with Crippen LogP contribution in [0.2, 0.25) is 0 Å². The first-order valence-corrected chi connectivity index (χ1v) is 5.66. The first kappa shape index (κ1) is 10.4.